The van der Waals surface area contributed by atoms with E-state index < -0.39 is 0 Å². The highest BCUT2D eigenvalue weighted by Crippen LogP contribution is 2.28. The largest absolute Gasteiger partial charge is 0.382 e. The predicted molar refractivity (Wildman–Crippen MR) is 160 cm³/mol. The van der Waals surface area contributed by atoms with E-state index in [1.54, 1.807) is 6.08 Å². The molecule has 2 aliphatic heterocycles. The van der Waals surface area contributed by atoms with Crippen LogP contribution in [0.4, 0.5) is 11.4 Å². The number of aryl methyl sites for hydroxylation is 2. The first-order valence-electron chi connectivity index (χ1n) is 13.5. The van der Waals surface area contributed by atoms with Crippen molar-refractivity contribution in [3.63, 3.8) is 0 Å². The maximum Gasteiger partial charge on any atom is 0.254 e. The van der Waals surface area contributed by atoms with Crippen LogP contribution in [0.5, 0.6) is 0 Å². The van der Waals surface area contributed by atoms with Crippen molar-refractivity contribution in [2.45, 2.75) is 39.7 Å². The molecule has 39 heavy (non-hydrogen) atoms. The van der Waals surface area contributed by atoms with Crippen LogP contribution in [0.3, 0.4) is 0 Å². The van der Waals surface area contributed by atoms with Crippen molar-refractivity contribution in [2.75, 3.05) is 49.5 Å². The highest BCUT2D eigenvalue weighted by Gasteiger charge is 2.26. The van der Waals surface area contributed by atoms with E-state index in [4.69, 9.17) is 18.0 Å². The highest BCUT2D eigenvalue weighted by atomic mass is 35.5. The number of nitriles is 1. The fourth-order valence-corrected chi connectivity index (χ4v) is 5.60. The third-order valence-electron chi connectivity index (χ3n) is 7.65. The Morgan fingerprint density at radius 1 is 1.05 bits per heavy atom. The number of nitrogens with zero attached hydrogens (tertiary/aromatic N) is 4. The summed E-state index contributed by atoms with van der Waals surface area (Å²) in [6, 6.07) is 14.3. The molecule has 1 N–H and O–H groups in total. The summed E-state index contributed by atoms with van der Waals surface area (Å²) < 4.78 is 0. The molecular formula is C32H36ClN5O. The van der Waals surface area contributed by atoms with Crippen LogP contribution in [0.25, 0.3) is 0 Å². The average Bonchev–Trinajstić information content (AvgIpc) is 2.97. The van der Waals surface area contributed by atoms with Gasteiger partial charge < -0.3 is 20.0 Å². The van der Waals surface area contributed by atoms with Gasteiger partial charge in [0.15, 0.2) is 0 Å². The van der Waals surface area contributed by atoms with Gasteiger partial charge in [0.05, 0.1) is 22.0 Å². The van der Waals surface area contributed by atoms with Crippen LogP contribution in [-0.4, -0.2) is 61.0 Å². The zero-order valence-corrected chi connectivity index (χ0v) is 23.8. The van der Waals surface area contributed by atoms with Crippen molar-refractivity contribution >= 4 is 28.9 Å². The number of anilines is 2. The molecule has 7 heteroatoms. The topological polar surface area (TPSA) is 62.6 Å². The summed E-state index contributed by atoms with van der Waals surface area (Å²) in [7, 11) is 0. The second-order valence-corrected chi connectivity index (χ2v) is 10.5. The number of allylic oxidation sites excluding steroid dienone is 3. The van der Waals surface area contributed by atoms with Gasteiger partial charge in [0.1, 0.15) is 6.07 Å². The molecule has 4 rings (SSSR count). The van der Waals surface area contributed by atoms with Crippen LogP contribution in [0.2, 0.25) is 0 Å². The fraction of sp³-hybridized carbons (Fsp3) is 0.375. The number of halogens is 1. The van der Waals surface area contributed by atoms with Crippen molar-refractivity contribution in [3.05, 3.63) is 81.5 Å². The van der Waals surface area contributed by atoms with Crippen LogP contribution in [-0.2, 0) is 0 Å². The fourth-order valence-electron chi connectivity index (χ4n) is 5.43. The maximum atomic E-state index is 13.6. The first kappa shape index (κ1) is 28.1. The third kappa shape index (κ3) is 6.41. The van der Waals surface area contributed by atoms with Gasteiger partial charge in [-0.2, -0.15) is 5.26 Å². The van der Waals surface area contributed by atoms with E-state index in [-0.39, 0.29) is 5.91 Å². The van der Waals surface area contributed by atoms with Crippen molar-refractivity contribution in [3.8, 4) is 18.4 Å². The first-order valence-corrected chi connectivity index (χ1v) is 13.9. The summed E-state index contributed by atoms with van der Waals surface area (Å²) in [5, 5.41) is 13.8. The molecule has 0 atom stereocenters. The third-order valence-corrected chi connectivity index (χ3v) is 8.06. The summed E-state index contributed by atoms with van der Waals surface area (Å²) in [5.74, 6) is 2.67. The van der Waals surface area contributed by atoms with Crippen LogP contribution >= 0.6 is 11.6 Å². The zero-order valence-electron chi connectivity index (χ0n) is 23.0. The molecule has 0 unspecified atom stereocenters. The molecule has 0 radical (unpaired) electrons. The van der Waals surface area contributed by atoms with Gasteiger partial charge in [0, 0.05) is 62.6 Å². The van der Waals surface area contributed by atoms with E-state index in [2.05, 4.69) is 40.1 Å². The van der Waals surface area contributed by atoms with Gasteiger partial charge in [-0.05, 0) is 62.9 Å². The number of carbonyl (C=O) groups is 1. The minimum atomic E-state index is 0.0589. The van der Waals surface area contributed by atoms with Crippen LogP contribution in [0.15, 0.2) is 59.3 Å². The summed E-state index contributed by atoms with van der Waals surface area (Å²) in [5.41, 5.74) is 6.37. The molecule has 1 amide bonds. The van der Waals surface area contributed by atoms with Gasteiger partial charge in [-0.3, -0.25) is 4.79 Å². The second-order valence-electron chi connectivity index (χ2n) is 10.1. The molecule has 0 aromatic heterocycles. The second kappa shape index (κ2) is 12.8. The Bertz CT molecular complexity index is 1350. The summed E-state index contributed by atoms with van der Waals surface area (Å²) in [6.07, 6.45) is 11.0. The lowest BCUT2D eigenvalue weighted by Gasteiger charge is -2.37. The van der Waals surface area contributed by atoms with E-state index in [1.165, 1.54) is 0 Å². The molecule has 202 valence electrons. The average molecular weight is 542 g/mol. The number of piperidine rings is 1. The number of nitrogens with one attached hydrogen (secondary N) is 1. The standard InChI is InChI=1S/C32H36ClN5O/c1-5-9-31(28(33)6-2)36-14-12-26(13-15-36)35-29-21-27(23(3)20-24(29)4)32(39)38-18-16-37(17-19-38)30-11-8-7-10-25(30)22-34/h1,6-11,20-21,26,35H,12-19H2,2-4H3/b28-6+,31-9+. The first-order chi connectivity index (χ1) is 18.9. The molecule has 2 aliphatic rings. The van der Waals surface area contributed by atoms with E-state index in [1.807, 2.05) is 55.2 Å². The minimum absolute atomic E-state index is 0.0589. The van der Waals surface area contributed by atoms with E-state index in [0.717, 1.165) is 59.7 Å². The Kier molecular flexibility index (Phi) is 9.23. The summed E-state index contributed by atoms with van der Waals surface area (Å²) in [6.45, 7) is 10.4. The van der Waals surface area contributed by atoms with Gasteiger partial charge in [0.25, 0.3) is 5.91 Å². The molecule has 2 saturated heterocycles. The lowest BCUT2D eigenvalue weighted by Crippen LogP contribution is -2.49. The van der Waals surface area contributed by atoms with Crippen molar-refractivity contribution in [1.29, 1.82) is 5.26 Å². The molecule has 2 aromatic carbocycles. The number of hydrogen-bond donors (Lipinski definition) is 1. The predicted octanol–water partition coefficient (Wildman–Crippen LogP) is 5.67. The lowest BCUT2D eigenvalue weighted by molar-refractivity contribution is 0.0746. The SMILES string of the molecule is C#C/C=C(\C(Cl)=C/C)N1CCC(Nc2cc(C(=O)N3CCN(c4ccccc4C#N)CC3)c(C)cc2C)CC1. The minimum Gasteiger partial charge on any atom is -0.382 e. The molecular weight excluding hydrogens is 506 g/mol. The highest BCUT2D eigenvalue weighted by molar-refractivity contribution is 6.31. The van der Waals surface area contributed by atoms with Crippen molar-refractivity contribution < 1.29 is 4.79 Å². The van der Waals surface area contributed by atoms with Gasteiger partial charge in [-0.15, -0.1) is 6.42 Å². The number of hydrogen-bond acceptors (Lipinski definition) is 5. The van der Waals surface area contributed by atoms with E-state index in [0.29, 0.717) is 42.8 Å². The number of rotatable bonds is 6. The number of amides is 1. The molecule has 0 spiro atoms. The van der Waals surface area contributed by atoms with Crippen LogP contribution < -0.4 is 10.2 Å². The van der Waals surface area contributed by atoms with Crippen molar-refractivity contribution in [2.24, 2.45) is 0 Å². The Balaban J connectivity index is 1.41. The van der Waals surface area contributed by atoms with Crippen LogP contribution in [0.1, 0.15) is 46.8 Å². The summed E-state index contributed by atoms with van der Waals surface area (Å²) in [4.78, 5) is 20.0. The number of likely N-dealkylation sites (tertiary alicyclic amines) is 1. The van der Waals surface area contributed by atoms with E-state index in [9.17, 15) is 10.1 Å². The molecule has 2 fully saturated rings. The molecule has 0 aliphatic carbocycles. The Labute approximate surface area is 237 Å². The molecule has 2 aromatic rings. The Hall–Kier alpha value is -3.87. The number of piperazine rings is 1. The number of para-hydroxylation sites is 1. The molecule has 0 bridgehead atoms. The van der Waals surface area contributed by atoms with Gasteiger partial charge in [-0.25, -0.2) is 0 Å². The number of benzene rings is 2. The van der Waals surface area contributed by atoms with E-state index >= 15 is 0 Å². The maximum absolute atomic E-state index is 13.6. The molecule has 0 saturated carbocycles. The molecule has 6 nitrogen and oxygen atoms in total. The van der Waals surface area contributed by atoms with Gasteiger partial charge in [0.2, 0.25) is 0 Å². The quantitative estimate of drug-likeness (QED) is 0.377. The zero-order chi connectivity index (χ0) is 27.9. The normalized spacial score (nSPS) is 17.0. The Morgan fingerprint density at radius 2 is 1.74 bits per heavy atom. The lowest BCUT2D eigenvalue weighted by atomic mass is 9.99. The van der Waals surface area contributed by atoms with Gasteiger partial charge in [-0.1, -0.05) is 41.8 Å². The summed E-state index contributed by atoms with van der Waals surface area (Å²) >= 11 is 6.40. The number of carbonyl (C=O) groups excluding carboxylic acids is 1. The smallest absolute Gasteiger partial charge is 0.254 e. The molecule has 2 heterocycles. The van der Waals surface area contributed by atoms with Gasteiger partial charge >= 0.3 is 0 Å². The number of terminal acetylenes is 1. The van der Waals surface area contributed by atoms with Crippen LogP contribution in [0, 0.1) is 37.5 Å². The monoisotopic (exact) mass is 541 g/mol. The van der Waals surface area contributed by atoms with Crippen molar-refractivity contribution in [1.82, 2.24) is 9.80 Å². The Morgan fingerprint density at radius 3 is 2.38 bits per heavy atom.